The van der Waals surface area contributed by atoms with Crippen molar-refractivity contribution in [3.8, 4) is 5.75 Å². The minimum atomic E-state index is -0.932. The number of nitro groups is 1. The van der Waals surface area contributed by atoms with Crippen LogP contribution in [0.25, 0.3) is 0 Å². The lowest BCUT2D eigenvalue weighted by Gasteiger charge is -2.26. The summed E-state index contributed by atoms with van der Waals surface area (Å²) in [5.41, 5.74) is 1.75. The van der Waals surface area contributed by atoms with Gasteiger partial charge >= 0.3 is 0 Å². The van der Waals surface area contributed by atoms with E-state index in [9.17, 15) is 19.6 Å². The third kappa shape index (κ3) is 8.99. The summed E-state index contributed by atoms with van der Waals surface area (Å²) in [5.74, 6) is 0.612. The molecule has 2 aromatic rings. The van der Waals surface area contributed by atoms with Gasteiger partial charge in [0, 0.05) is 19.6 Å². The molecule has 0 radical (unpaired) electrons. The first kappa shape index (κ1) is 25.5. The molecule has 0 saturated carbocycles. The lowest BCUT2D eigenvalue weighted by molar-refractivity contribution is -0.404. The van der Waals surface area contributed by atoms with E-state index in [0.717, 1.165) is 31.6 Å². The predicted octanol–water partition coefficient (Wildman–Crippen LogP) is 3.57. The van der Waals surface area contributed by atoms with Crippen LogP contribution in [0.5, 0.6) is 5.75 Å². The van der Waals surface area contributed by atoms with Gasteiger partial charge in [-0.1, -0.05) is 30.7 Å². The van der Waals surface area contributed by atoms with E-state index < -0.39 is 16.8 Å². The Morgan fingerprint density at radius 2 is 1.94 bits per heavy atom. The van der Waals surface area contributed by atoms with Crippen molar-refractivity contribution in [2.45, 2.75) is 38.3 Å². The van der Waals surface area contributed by atoms with Gasteiger partial charge in [-0.25, -0.2) is 4.39 Å². The molecule has 0 aliphatic carbocycles. The van der Waals surface area contributed by atoms with Gasteiger partial charge in [-0.2, -0.15) is 0 Å². The third-order valence-electron chi connectivity index (χ3n) is 5.63. The maximum Gasteiger partial charge on any atom is 0.274 e. The molecular formula is C25H33FN4O4. The van der Waals surface area contributed by atoms with Gasteiger partial charge in [0.05, 0.1) is 17.6 Å². The molecule has 2 aromatic carbocycles. The molecule has 9 heteroatoms. The Balaban J connectivity index is 1.39. The van der Waals surface area contributed by atoms with Gasteiger partial charge in [-0.15, -0.1) is 0 Å². The fraction of sp³-hybridized carbons (Fsp3) is 0.440. The number of ether oxygens (including phenoxy) is 1. The van der Waals surface area contributed by atoms with Crippen LogP contribution < -0.4 is 15.4 Å². The first-order chi connectivity index (χ1) is 16.5. The van der Waals surface area contributed by atoms with E-state index in [4.69, 9.17) is 4.74 Å². The highest BCUT2D eigenvalue weighted by molar-refractivity contribution is 5.28. The van der Waals surface area contributed by atoms with E-state index in [-0.39, 0.29) is 12.4 Å². The van der Waals surface area contributed by atoms with Crippen molar-refractivity contribution < 1.29 is 19.2 Å². The molecule has 0 bridgehead atoms. The van der Waals surface area contributed by atoms with Crippen LogP contribution >= 0.6 is 0 Å². The Bertz CT molecular complexity index is 933. The van der Waals surface area contributed by atoms with Crippen LogP contribution in [0.2, 0.25) is 0 Å². The molecule has 1 saturated heterocycles. The summed E-state index contributed by atoms with van der Waals surface area (Å²) < 4.78 is 18.9. The van der Waals surface area contributed by atoms with Crippen molar-refractivity contribution in [3.05, 3.63) is 87.6 Å². The second-order valence-corrected chi connectivity index (χ2v) is 8.39. The number of piperidine rings is 1. The zero-order valence-corrected chi connectivity index (χ0v) is 19.3. The van der Waals surface area contributed by atoms with Crippen molar-refractivity contribution in [1.82, 2.24) is 15.5 Å². The number of likely N-dealkylation sites (tertiary alicyclic amines) is 1. The molecular weight excluding hydrogens is 439 g/mol. The minimum absolute atomic E-state index is 0.0403. The first-order valence-electron chi connectivity index (χ1n) is 11.7. The number of benzene rings is 2. The zero-order valence-electron chi connectivity index (χ0n) is 19.3. The van der Waals surface area contributed by atoms with E-state index in [2.05, 4.69) is 27.7 Å². The van der Waals surface area contributed by atoms with E-state index in [0.29, 0.717) is 25.1 Å². The highest BCUT2D eigenvalue weighted by Crippen LogP contribution is 2.18. The van der Waals surface area contributed by atoms with E-state index in [1.165, 1.54) is 49.1 Å². The summed E-state index contributed by atoms with van der Waals surface area (Å²) in [6.45, 7) is 4.18. The number of rotatable bonds is 13. The molecule has 1 unspecified atom stereocenters. The Labute approximate surface area is 199 Å². The van der Waals surface area contributed by atoms with Crippen LogP contribution in [0.3, 0.4) is 0 Å². The molecule has 1 atom stereocenters. The van der Waals surface area contributed by atoms with Crippen LogP contribution in [-0.2, 0) is 6.54 Å². The Morgan fingerprint density at radius 1 is 1.18 bits per heavy atom. The number of nitrogens with zero attached hydrogens (tertiary/aromatic N) is 2. The molecule has 184 valence electrons. The number of nitrogens with one attached hydrogen (secondary N) is 2. The van der Waals surface area contributed by atoms with Gasteiger partial charge in [0.2, 0.25) is 0 Å². The first-order valence-corrected chi connectivity index (χ1v) is 11.7. The molecule has 3 rings (SSSR count). The quantitative estimate of drug-likeness (QED) is 0.233. The third-order valence-corrected chi connectivity index (χ3v) is 5.63. The van der Waals surface area contributed by atoms with Crippen molar-refractivity contribution in [2.75, 3.05) is 32.8 Å². The summed E-state index contributed by atoms with van der Waals surface area (Å²) in [6, 6.07) is 13.6. The smallest absolute Gasteiger partial charge is 0.274 e. The molecule has 8 nitrogen and oxygen atoms in total. The SMILES string of the molecule is O=[N+]([O-])C=C(NCCCOc1cccc(CN2CCCCC2)c1)NCC(O)c1ccc(F)cc1. The summed E-state index contributed by atoms with van der Waals surface area (Å²) >= 11 is 0. The van der Waals surface area contributed by atoms with Gasteiger partial charge in [0.1, 0.15) is 11.6 Å². The molecule has 1 aliphatic rings. The highest BCUT2D eigenvalue weighted by atomic mass is 19.1. The van der Waals surface area contributed by atoms with Gasteiger partial charge < -0.3 is 20.5 Å². The summed E-state index contributed by atoms with van der Waals surface area (Å²) in [4.78, 5) is 12.8. The van der Waals surface area contributed by atoms with Gasteiger partial charge in [-0.3, -0.25) is 15.0 Å². The van der Waals surface area contributed by atoms with Crippen LogP contribution in [0, 0.1) is 15.9 Å². The van der Waals surface area contributed by atoms with Gasteiger partial charge in [-0.05, 0) is 67.7 Å². The number of aliphatic hydroxyl groups is 1. The predicted molar refractivity (Wildman–Crippen MR) is 128 cm³/mol. The maximum atomic E-state index is 13.0. The molecule has 1 fully saturated rings. The van der Waals surface area contributed by atoms with Crippen LogP contribution in [-0.4, -0.2) is 47.7 Å². The second-order valence-electron chi connectivity index (χ2n) is 8.39. The summed E-state index contributed by atoms with van der Waals surface area (Å²) in [7, 11) is 0. The number of hydrogen-bond donors (Lipinski definition) is 3. The largest absolute Gasteiger partial charge is 0.494 e. The van der Waals surface area contributed by atoms with Gasteiger partial charge in [0.15, 0.2) is 5.82 Å². The fourth-order valence-corrected chi connectivity index (χ4v) is 3.86. The van der Waals surface area contributed by atoms with Crippen LogP contribution in [0.15, 0.2) is 60.6 Å². The molecule has 0 aromatic heterocycles. The van der Waals surface area contributed by atoms with Crippen molar-refractivity contribution in [1.29, 1.82) is 0 Å². The highest BCUT2D eigenvalue weighted by Gasteiger charge is 2.11. The standard InChI is InChI=1S/C25H33FN4O4/c26-22-10-8-21(9-11-22)24(31)17-28-25(19-30(32)33)27-12-5-15-34-23-7-4-6-20(16-23)18-29-13-2-1-3-14-29/h4,6-11,16,19,24,27-28,31H,1-3,5,12-15,17-18H2. The molecule has 3 N–H and O–H groups in total. The fourth-order valence-electron chi connectivity index (χ4n) is 3.86. The molecule has 1 aliphatic heterocycles. The molecule has 34 heavy (non-hydrogen) atoms. The maximum absolute atomic E-state index is 13.0. The Morgan fingerprint density at radius 3 is 2.68 bits per heavy atom. The summed E-state index contributed by atoms with van der Waals surface area (Å²) in [5, 5.41) is 27.0. The van der Waals surface area contributed by atoms with E-state index in [1.807, 2.05) is 12.1 Å². The molecule has 1 heterocycles. The Hall–Kier alpha value is -3.17. The zero-order chi connectivity index (χ0) is 24.2. The minimum Gasteiger partial charge on any atom is -0.494 e. The Kier molecular flexibility index (Phi) is 10.1. The molecule has 0 spiro atoms. The normalized spacial score (nSPS) is 15.5. The second kappa shape index (κ2) is 13.5. The summed E-state index contributed by atoms with van der Waals surface area (Å²) in [6.07, 6.45) is 4.36. The monoisotopic (exact) mass is 472 g/mol. The van der Waals surface area contributed by atoms with Gasteiger partial charge in [0.25, 0.3) is 6.20 Å². The van der Waals surface area contributed by atoms with Crippen molar-refractivity contribution >= 4 is 0 Å². The number of halogens is 1. The van der Waals surface area contributed by atoms with Crippen LogP contribution in [0.4, 0.5) is 4.39 Å². The number of aliphatic hydroxyl groups excluding tert-OH is 1. The molecule has 0 amide bonds. The van der Waals surface area contributed by atoms with Crippen molar-refractivity contribution in [2.24, 2.45) is 0 Å². The lowest BCUT2D eigenvalue weighted by atomic mass is 10.1. The average Bonchev–Trinajstić information content (AvgIpc) is 2.83. The van der Waals surface area contributed by atoms with E-state index >= 15 is 0 Å². The van der Waals surface area contributed by atoms with E-state index in [1.54, 1.807) is 0 Å². The topological polar surface area (TPSA) is 99.9 Å². The lowest BCUT2D eigenvalue weighted by Crippen LogP contribution is -2.31. The average molecular weight is 473 g/mol. The van der Waals surface area contributed by atoms with Crippen LogP contribution in [0.1, 0.15) is 42.9 Å². The van der Waals surface area contributed by atoms with Crippen molar-refractivity contribution in [3.63, 3.8) is 0 Å². The number of hydrogen-bond acceptors (Lipinski definition) is 7.